The third-order valence-electron chi connectivity index (χ3n) is 0.813. The van der Waals surface area contributed by atoms with Crippen LogP contribution in [0.5, 0.6) is 0 Å². The van der Waals surface area contributed by atoms with Crippen molar-refractivity contribution in [1.29, 1.82) is 0 Å². The zero-order chi connectivity index (χ0) is 8.53. The van der Waals surface area contributed by atoms with Crippen molar-refractivity contribution in [3.63, 3.8) is 0 Å². The summed E-state index contributed by atoms with van der Waals surface area (Å²) in [5.41, 5.74) is 5.17. The van der Waals surface area contributed by atoms with Crippen molar-refractivity contribution < 1.29 is 18.4 Å². The minimum absolute atomic E-state index is 0.349. The summed E-state index contributed by atoms with van der Waals surface area (Å²) in [6, 6.07) is 0. The Labute approximate surface area is 67.3 Å². The van der Waals surface area contributed by atoms with Gasteiger partial charge in [0.25, 0.3) is 0 Å². The van der Waals surface area contributed by atoms with Gasteiger partial charge in [-0.1, -0.05) is 0 Å². The number of hydrogen-bond donors (Lipinski definition) is 1. The second-order valence-electron chi connectivity index (χ2n) is 1.73. The number of hydrogen-bond acceptors (Lipinski definition) is 5. The molecule has 0 spiro atoms. The van der Waals surface area contributed by atoms with Crippen LogP contribution >= 0.6 is 0 Å². The first kappa shape index (κ1) is 10.5. The highest BCUT2D eigenvalue weighted by Crippen LogP contribution is 1.83. The van der Waals surface area contributed by atoms with E-state index in [0.29, 0.717) is 26.2 Å². The van der Waals surface area contributed by atoms with Crippen LogP contribution in [0.3, 0.4) is 0 Å². The Hall–Kier alpha value is -0.463. The maximum atomic E-state index is 10.7. The summed E-state index contributed by atoms with van der Waals surface area (Å²) in [7, 11) is -2.45. The monoisotopic (exact) mass is 179 g/mol. The van der Waals surface area contributed by atoms with Crippen LogP contribution in [0.25, 0.3) is 0 Å². The molecule has 0 saturated heterocycles. The summed E-state index contributed by atoms with van der Waals surface area (Å²) in [5.74, 6) is 0. The molecule has 0 aromatic heterocycles. The maximum Gasteiger partial charge on any atom is 0.801 e. The van der Waals surface area contributed by atoms with Crippen molar-refractivity contribution in [3.8, 4) is 0 Å². The molecule has 6 heteroatoms. The number of nitrogens with two attached hydrogens (primary N) is 1. The smallest absolute Gasteiger partial charge is 0.495 e. The second kappa shape index (κ2) is 7.64. The first-order chi connectivity index (χ1) is 5.31. The fraction of sp³-hybridized carbons (Fsp3) is 1.00. The van der Waals surface area contributed by atoms with Crippen molar-refractivity contribution in [2.24, 2.45) is 5.73 Å². The van der Waals surface area contributed by atoms with E-state index < -0.39 is 9.17 Å². The topological polar surface area (TPSA) is 70.8 Å². The lowest BCUT2D eigenvalue weighted by Crippen LogP contribution is -2.15. The molecule has 0 saturated carbocycles. The lowest BCUT2D eigenvalue weighted by atomic mass is 10.5. The molecule has 0 aromatic carbocycles. The molecule has 0 bridgehead atoms. The third-order valence-corrected chi connectivity index (χ3v) is 1.51. The van der Waals surface area contributed by atoms with E-state index in [1.54, 1.807) is 6.92 Å². The van der Waals surface area contributed by atoms with Crippen molar-refractivity contribution in [2.75, 3.05) is 19.8 Å². The molecule has 0 atom stereocenters. The predicted octanol–water partition coefficient (Wildman–Crippen LogP) is -0.265. The summed E-state index contributed by atoms with van der Waals surface area (Å²) in [4.78, 5) is 4.40. The Balaban J connectivity index is 3.09. The zero-order valence-electron chi connectivity index (χ0n) is 6.54. The first-order valence-electron chi connectivity index (χ1n) is 3.47. The van der Waals surface area contributed by atoms with Crippen LogP contribution in [-0.2, 0) is 18.4 Å². The zero-order valence-corrected chi connectivity index (χ0v) is 7.54. The Morgan fingerprint density at radius 3 is 2.82 bits per heavy atom. The molecule has 66 valence electrons. The van der Waals surface area contributed by atoms with Gasteiger partial charge in [0.15, 0.2) is 0 Å². The normalized spacial score (nSPS) is 9.27. The Bertz CT molecular complexity index is 111. The largest absolute Gasteiger partial charge is 0.801 e. The van der Waals surface area contributed by atoms with Crippen LogP contribution in [0.2, 0.25) is 0 Å². The van der Waals surface area contributed by atoms with Gasteiger partial charge in [0.2, 0.25) is 0 Å². The lowest BCUT2D eigenvalue weighted by Gasteiger charge is -2.01. The average molecular weight is 179 g/mol. The van der Waals surface area contributed by atoms with E-state index in [1.807, 2.05) is 0 Å². The minimum atomic E-state index is -2.45. The van der Waals surface area contributed by atoms with Crippen molar-refractivity contribution in [3.05, 3.63) is 0 Å². The fourth-order valence-electron chi connectivity index (χ4n) is 0.370. The molecule has 0 unspecified atom stereocenters. The van der Waals surface area contributed by atoms with Crippen molar-refractivity contribution >= 4 is 9.17 Å². The van der Waals surface area contributed by atoms with Crippen molar-refractivity contribution in [1.82, 2.24) is 0 Å². The summed E-state index contributed by atoms with van der Waals surface area (Å²) >= 11 is 0. The Morgan fingerprint density at radius 2 is 2.27 bits per heavy atom. The van der Waals surface area contributed by atoms with E-state index in [9.17, 15) is 4.46 Å². The van der Waals surface area contributed by atoms with Gasteiger partial charge < -0.3 is 14.7 Å². The standard InChI is InChI=1S/C5H13NO4Si/c1-2-8-10-11(7)9-5-3-4-6/h2-6H2,1H3. The van der Waals surface area contributed by atoms with E-state index in [4.69, 9.17) is 10.2 Å². The Morgan fingerprint density at radius 1 is 1.55 bits per heavy atom. The Kier molecular flexibility index (Phi) is 7.32. The summed E-state index contributed by atoms with van der Waals surface area (Å²) in [5, 5.41) is 0. The van der Waals surface area contributed by atoms with Gasteiger partial charge >= 0.3 is 9.17 Å². The molecule has 0 rings (SSSR count). The van der Waals surface area contributed by atoms with Gasteiger partial charge in [-0.3, -0.25) is 4.46 Å². The van der Waals surface area contributed by atoms with Crippen LogP contribution in [0.4, 0.5) is 0 Å². The van der Waals surface area contributed by atoms with Gasteiger partial charge in [-0.25, -0.2) is 0 Å². The molecule has 0 aliphatic carbocycles. The molecule has 5 nitrogen and oxygen atoms in total. The lowest BCUT2D eigenvalue weighted by molar-refractivity contribution is -0.224. The van der Waals surface area contributed by atoms with Crippen LogP contribution in [0, 0.1) is 0 Å². The fourth-order valence-corrected chi connectivity index (χ4v) is 0.943. The van der Waals surface area contributed by atoms with Crippen molar-refractivity contribution in [2.45, 2.75) is 13.3 Å². The van der Waals surface area contributed by atoms with Gasteiger partial charge in [0, 0.05) is 0 Å². The maximum absolute atomic E-state index is 10.7. The van der Waals surface area contributed by atoms with Gasteiger partial charge in [0.1, 0.15) is 0 Å². The molecule has 0 heterocycles. The molecular weight excluding hydrogens is 166 g/mol. The van der Waals surface area contributed by atoms with Crippen LogP contribution < -0.4 is 5.73 Å². The SMILES string of the molecule is CCOO[Si](=O)OCCCN. The molecule has 2 N–H and O–H groups in total. The van der Waals surface area contributed by atoms with Crippen LogP contribution in [-0.4, -0.2) is 28.9 Å². The molecule has 0 amide bonds. The van der Waals surface area contributed by atoms with E-state index in [2.05, 4.69) is 9.46 Å². The molecular formula is C5H13NO4Si. The highest BCUT2D eigenvalue weighted by atomic mass is 28.3. The third kappa shape index (κ3) is 7.43. The minimum Gasteiger partial charge on any atom is -0.495 e. The average Bonchev–Trinajstić information content (AvgIpc) is 2.01. The van der Waals surface area contributed by atoms with Gasteiger partial charge in [-0.2, -0.15) is 4.89 Å². The summed E-state index contributed by atoms with van der Waals surface area (Å²) < 4.78 is 19.7. The summed E-state index contributed by atoms with van der Waals surface area (Å²) in [6.45, 7) is 2.96. The first-order valence-corrected chi connectivity index (χ1v) is 4.70. The van der Waals surface area contributed by atoms with E-state index in [-0.39, 0.29) is 0 Å². The van der Waals surface area contributed by atoms with Gasteiger partial charge in [-0.05, 0) is 19.9 Å². The number of rotatable bonds is 7. The van der Waals surface area contributed by atoms with Gasteiger partial charge in [-0.15, -0.1) is 0 Å². The van der Waals surface area contributed by atoms with E-state index in [0.717, 1.165) is 0 Å². The summed E-state index contributed by atoms with van der Waals surface area (Å²) in [6.07, 6.45) is 0.673. The van der Waals surface area contributed by atoms with Crippen LogP contribution in [0.1, 0.15) is 13.3 Å². The predicted molar refractivity (Wildman–Crippen MR) is 38.8 cm³/mol. The highest BCUT2D eigenvalue weighted by molar-refractivity contribution is 6.25. The quantitative estimate of drug-likeness (QED) is 0.252. The molecule has 11 heavy (non-hydrogen) atoms. The molecule has 0 radical (unpaired) electrons. The molecule has 0 aliphatic heterocycles. The highest BCUT2D eigenvalue weighted by Gasteiger charge is 2.10. The van der Waals surface area contributed by atoms with E-state index in [1.165, 1.54) is 0 Å². The molecule has 0 aromatic rings. The van der Waals surface area contributed by atoms with Crippen LogP contribution in [0.15, 0.2) is 0 Å². The second-order valence-corrected chi connectivity index (χ2v) is 2.69. The van der Waals surface area contributed by atoms with E-state index >= 15 is 0 Å². The molecule has 0 fully saturated rings. The van der Waals surface area contributed by atoms with Gasteiger partial charge in [0.05, 0.1) is 13.2 Å². The molecule has 0 aliphatic rings.